The molecule has 2 amide bonds. The number of hydrogen-bond acceptors (Lipinski definition) is 4. The molecular formula is C20H20N4O2. The minimum absolute atomic E-state index is 0.286. The quantitative estimate of drug-likeness (QED) is 0.718. The standard InChI is InChI=1S/C20H20N4O2/c1-3-14-4-8-16(9-5-14)21-20(25)22-17-10-6-15(7-11-17)18-12-13-19(26-2)24-23-18/h4-13H,3H2,1-2H3,(H2,21,22,25). The summed E-state index contributed by atoms with van der Waals surface area (Å²) < 4.78 is 5.00. The Bertz CT molecular complexity index is 860. The Morgan fingerprint density at radius 3 is 2.00 bits per heavy atom. The van der Waals surface area contributed by atoms with Crippen LogP contribution in [0.2, 0.25) is 0 Å². The van der Waals surface area contributed by atoms with Gasteiger partial charge in [-0.2, -0.15) is 0 Å². The van der Waals surface area contributed by atoms with Gasteiger partial charge in [-0.05, 0) is 42.3 Å². The molecule has 0 radical (unpaired) electrons. The highest BCUT2D eigenvalue weighted by Gasteiger charge is 2.05. The van der Waals surface area contributed by atoms with Gasteiger partial charge in [0, 0.05) is 23.0 Å². The van der Waals surface area contributed by atoms with Crippen LogP contribution >= 0.6 is 0 Å². The van der Waals surface area contributed by atoms with Gasteiger partial charge in [0.1, 0.15) is 0 Å². The number of anilines is 2. The highest BCUT2D eigenvalue weighted by molar-refractivity contribution is 5.99. The fraction of sp³-hybridized carbons (Fsp3) is 0.150. The average Bonchev–Trinajstić information content (AvgIpc) is 2.69. The van der Waals surface area contributed by atoms with Gasteiger partial charge < -0.3 is 15.4 Å². The van der Waals surface area contributed by atoms with Gasteiger partial charge in [0.2, 0.25) is 5.88 Å². The molecule has 2 aromatic carbocycles. The lowest BCUT2D eigenvalue weighted by Gasteiger charge is -2.09. The molecular weight excluding hydrogens is 328 g/mol. The van der Waals surface area contributed by atoms with Crippen molar-refractivity contribution in [3.63, 3.8) is 0 Å². The number of urea groups is 1. The highest BCUT2D eigenvalue weighted by atomic mass is 16.5. The predicted octanol–water partition coefficient (Wildman–Crippen LogP) is 4.36. The van der Waals surface area contributed by atoms with Crippen molar-refractivity contribution in [2.24, 2.45) is 0 Å². The summed E-state index contributed by atoms with van der Waals surface area (Å²) in [6, 6.07) is 18.5. The Morgan fingerprint density at radius 1 is 0.885 bits per heavy atom. The van der Waals surface area contributed by atoms with Crippen molar-refractivity contribution in [1.82, 2.24) is 10.2 Å². The second-order valence-electron chi connectivity index (χ2n) is 5.67. The van der Waals surface area contributed by atoms with E-state index in [4.69, 9.17) is 4.74 Å². The van der Waals surface area contributed by atoms with E-state index in [1.165, 1.54) is 5.56 Å². The first-order valence-corrected chi connectivity index (χ1v) is 8.33. The molecule has 0 unspecified atom stereocenters. The van der Waals surface area contributed by atoms with Crippen LogP contribution in [0.3, 0.4) is 0 Å². The zero-order valence-electron chi connectivity index (χ0n) is 14.7. The van der Waals surface area contributed by atoms with Crippen molar-refractivity contribution in [2.75, 3.05) is 17.7 Å². The van der Waals surface area contributed by atoms with E-state index in [9.17, 15) is 4.79 Å². The molecule has 0 aliphatic carbocycles. The highest BCUT2D eigenvalue weighted by Crippen LogP contribution is 2.20. The molecule has 3 rings (SSSR count). The molecule has 0 aliphatic heterocycles. The molecule has 1 aromatic heterocycles. The van der Waals surface area contributed by atoms with Crippen LogP contribution in [0.15, 0.2) is 60.7 Å². The van der Waals surface area contributed by atoms with E-state index in [-0.39, 0.29) is 6.03 Å². The normalized spacial score (nSPS) is 10.2. The third-order valence-electron chi connectivity index (χ3n) is 3.91. The Hall–Kier alpha value is -3.41. The number of rotatable bonds is 5. The maximum Gasteiger partial charge on any atom is 0.323 e. The summed E-state index contributed by atoms with van der Waals surface area (Å²) in [5.41, 5.74) is 4.31. The maximum atomic E-state index is 12.1. The number of benzene rings is 2. The van der Waals surface area contributed by atoms with E-state index in [0.29, 0.717) is 11.6 Å². The largest absolute Gasteiger partial charge is 0.480 e. The molecule has 0 spiro atoms. The molecule has 26 heavy (non-hydrogen) atoms. The van der Waals surface area contributed by atoms with Crippen LogP contribution in [0.25, 0.3) is 11.3 Å². The van der Waals surface area contributed by atoms with Crippen molar-refractivity contribution >= 4 is 17.4 Å². The van der Waals surface area contributed by atoms with Crippen LogP contribution in [-0.2, 0) is 6.42 Å². The smallest absolute Gasteiger partial charge is 0.323 e. The molecule has 6 nitrogen and oxygen atoms in total. The number of carbonyl (C=O) groups excluding carboxylic acids is 1. The second kappa shape index (κ2) is 8.11. The minimum Gasteiger partial charge on any atom is -0.480 e. The third kappa shape index (κ3) is 4.36. The summed E-state index contributed by atoms with van der Waals surface area (Å²) >= 11 is 0. The van der Waals surface area contributed by atoms with Crippen LogP contribution in [0.5, 0.6) is 5.88 Å². The summed E-state index contributed by atoms with van der Waals surface area (Å²) in [6.07, 6.45) is 0.970. The van der Waals surface area contributed by atoms with Crippen molar-refractivity contribution in [3.8, 4) is 17.1 Å². The first-order chi connectivity index (χ1) is 12.7. The Morgan fingerprint density at radius 2 is 1.50 bits per heavy atom. The van der Waals surface area contributed by atoms with Crippen LogP contribution in [-0.4, -0.2) is 23.3 Å². The topological polar surface area (TPSA) is 76.1 Å². The fourth-order valence-corrected chi connectivity index (χ4v) is 2.42. The number of ether oxygens (including phenoxy) is 1. The van der Waals surface area contributed by atoms with Gasteiger partial charge in [-0.1, -0.05) is 31.2 Å². The monoisotopic (exact) mass is 348 g/mol. The zero-order chi connectivity index (χ0) is 18.4. The lowest BCUT2D eigenvalue weighted by atomic mass is 10.1. The first-order valence-electron chi connectivity index (χ1n) is 8.33. The second-order valence-corrected chi connectivity index (χ2v) is 5.67. The van der Waals surface area contributed by atoms with Crippen molar-refractivity contribution in [2.45, 2.75) is 13.3 Å². The summed E-state index contributed by atoms with van der Waals surface area (Å²) in [7, 11) is 1.55. The summed E-state index contributed by atoms with van der Waals surface area (Å²) in [6.45, 7) is 2.09. The molecule has 0 bridgehead atoms. The molecule has 0 fully saturated rings. The number of nitrogens with one attached hydrogen (secondary N) is 2. The summed E-state index contributed by atoms with van der Waals surface area (Å²) in [5, 5.41) is 13.7. The fourth-order valence-electron chi connectivity index (χ4n) is 2.42. The Kier molecular flexibility index (Phi) is 5.43. The van der Waals surface area contributed by atoms with Crippen LogP contribution in [0.1, 0.15) is 12.5 Å². The van der Waals surface area contributed by atoms with E-state index in [2.05, 4.69) is 27.8 Å². The number of carbonyl (C=O) groups is 1. The maximum absolute atomic E-state index is 12.1. The zero-order valence-corrected chi connectivity index (χ0v) is 14.7. The van der Waals surface area contributed by atoms with E-state index in [1.807, 2.05) is 54.6 Å². The summed E-state index contributed by atoms with van der Waals surface area (Å²) in [4.78, 5) is 12.1. The van der Waals surface area contributed by atoms with Crippen molar-refractivity contribution in [3.05, 3.63) is 66.2 Å². The van der Waals surface area contributed by atoms with Crippen molar-refractivity contribution < 1.29 is 9.53 Å². The number of methoxy groups -OCH3 is 1. The number of amides is 2. The lowest BCUT2D eigenvalue weighted by Crippen LogP contribution is -2.19. The number of aromatic nitrogens is 2. The van der Waals surface area contributed by atoms with E-state index < -0.39 is 0 Å². The molecule has 3 aromatic rings. The minimum atomic E-state index is -0.286. The SMILES string of the molecule is CCc1ccc(NC(=O)Nc2ccc(-c3ccc(OC)nn3)cc2)cc1. The van der Waals surface area contributed by atoms with Gasteiger partial charge >= 0.3 is 6.03 Å². The Balaban J connectivity index is 1.61. The molecule has 1 heterocycles. The first kappa shape index (κ1) is 17.4. The van der Waals surface area contributed by atoms with E-state index in [0.717, 1.165) is 23.4 Å². The van der Waals surface area contributed by atoms with E-state index >= 15 is 0 Å². The predicted molar refractivity (Wildman–Crippen MR) is 102 cm³/mol. The van der Waals surface area contributed by atoms with Crippen LogP contribution in [0.4, 0.5) is 16.2 Å². The summed E-state index contributed by atoms with van der Waals surface area (Å²) in [5.74, 6) is 0.468. The number of hydrogen-bond donors (Lipinski definition) is 2. The molecule has 0 saturated heterocycles. The number of aryl methyl sites for hydroxylation is 1. The van der Waals surface area contributed by atoms with Gasteiger partial charge in [-0.25, -0.2) is 4.79 Å². The van der Waals surface area contributed by atoms with E-state index in [1.54, 1.807) is 13.2 Å². The molecule has 0 aliphatic rings. The molecule has 0 atom stereocenters. The van der Waals surface area contributed by atoms with Crippen LogP contribution < -0.4 is 15.4 Å². The van der Waals surface area contributed by atoms with Crippen molar-refractivity contribution in [1.29, 1.82) is 0 Å². The van der Waals surface area contributed by atoms with Gasteiger partial charge in [0.05, 0.1) is 12.8 Å². The molecule has 0 saturated carbocycles. The lowest BCUT2D eigenvalue weighted by molar-refractivity contribution is 0.262. The third-order valence-corrected chi connectivity index (χ3v) is 3.91. The Labute approximate surface area is 152 Å². The van der Waals surface area contributed by atoms with Gasteiger partial charge in [0.25, 0.3) is 0 Å². The number of nitrogens with zero attached hydrogens (tertiary/aromatic N) is 2. The van der Waals surface area contributed by atoms with Gasteiger partial charge in [0.15, 0.2) is 0 Å². The van der Waals surface area contributed by atoms with Gasteiger partial charge in [-0.3, -0.25) is 0 Å². The van der Waals surface area contributed by atoms with Crippen LogP contribution in [0, 0.1) is 0 Å². The molecule has 2 N–H and O–H groups in total. The molecule has 132 valence electrons. The molecule has 6 heteroatoms. The average molecular weight is 348 g/mol. The van der Waals surface area contributed by atoms with Gasteiger partial charge in [-0.15, -0.1) is 10.2 Å².